The van der Waals surface area contributed by atoms with Gasteiger partial charge in [0, 0.05) is 24.4 Å². The molecule has 0 unspecified atom stereocenters. The topological polar surface area (TPSA) is 96.3 Å². The number of carboxylic acids is 1. The van der Waals surface area contributed by atoms with Gasteiger partial charge in [0.25, 0.3) is 0 Å². The fourth-order valence-electron chi connectivity index (χ4n) is 6.02. The minimum Gasteiger partial charge on any atom is -0.493 e. The third-order valence-electron chi connectivity index (χ3n) is 8.69. The lowest BCUT2D eigenvalue weighted by Crippen LogP contribution is -2.42. The summed E-state index contributed by atoms with van der Waals surface area (Å²) in [5.41, 5.74) is 0.445. The Labute approximate surface area is 208 Å². The maximum atomic E-state index is 13.8. The van der Waals surface area contributed by atoms with Gasteiger partial charge in [-0.05, 0) is 62.1 Å². The second-order valence-electron chi connectivity index (χ2n) is 11.2. The predicted octanol–water partition coefficient (Wildman–Crippen LogP) is 4.47. The van der Waals surface area contributed by atoms with Crippen molar-refractivity contribution in [2.24, 2.45) is 23.2 Å². The number of hydrogen-bond donors (Lipinski definition) is 2. The molecule has 4 rings (SSSR count). The molecule has 1 amide bonds. The monoisotopic (exact) mass is 487 g/mol. The number of carbonyl (C=O) groups is 2. The van der Waals surface area contributed by atoms with Crippen molar-refractivity contribution in [3.63, 3.8) is 0 Å². The molecule has 1 saturated heterocycles. The largest absolute Gasteiger partial charge is 0.493 e. The Morgan fingerprint density at radius 3 is 2.46 bits per heavy atom. The van der Waals surface area contributed by atoms with Gasteiger partial charge in [-0.2, -0.15) is 0 Å². The zero-order chi connectivity index (χ0) is 25.2. The molecular weight excluding hydrogens is 446 g/mol. The summed E-state index contributed by atoms with van der Waals surface area (Å²) in [4.78, 5) is 27.2. The minimum absolute atomic E-state index is 0.0765. The molecular formula is C28H41NO6. The molecule has 0 spiro atoms. The van der Waals surface area contributed by atoms with Crippen molar-refractivity contribution < 1.29 is 29.3 Å². The van der Waals surface area contributed by atoms with Gasteiger partial charge in [-0.15, -0.1) is 0 Å². The summed E-state index contributed by atoms with van der Waals surface area (Å²) in [6.45, 7) is 5.34. The summed E-state index contributed by atoms with van der Waals surface area (Å²) >= 11 is 0. The molecule has 4 atom stereocenters. The highest BCUT2D eigenvalue weighted by atomic mass is 16.5. The Morgan fingerprint density at radius 1 is 1.14 bits per heavy atom. The molecule has 7 nitrogen and oxygen atoms in total. The number of ether oxygens (including phenoxy) is 2. The predicted molar refractivity (Wildman–Crippen MR) is 133 cm³/mol. The van der Waals surface area contributed by atoms with Crippen LogP contribution in [0.2, 0.25) is 0 Å². The number of aliphatic hydroxyl groups is 1. The van der Waals surface area contributed by atoms with E-state index in [9.17, 15) is 19.8 Å². The van der Waals surface area contributed by atoms with Crippen LogP contribution in [0.4, 0.5) is 0 Å². The van der Waals surface area contributed by atoms with Gasteiger partial charge in [-0.1, -0.05) is 32.3 Å². The second-order valence-corrected chi connectivity index (χ2v) is 11.2. The Bertz CT molecular complexity index is 907. The second kappa shape index (κ2) is 10.8. The van der Waals surface area contributed by atoms with Crippen LogP contribution >= 0.6 is 0 Å². The molecule has 3 aliphatic rings. The van der Waals surface area contributed by atoms with E-state index in [-0.39, 0.29) is 24.2 Å². The standard InChI is InChI=1S/C28H41NO6/c1-18(30)28(2)17-29(27(33)22(14-26(31)32)20-7-5-4-6-8-20)15-23(28)21-11-12-24(34-3)25(13-21)35-16-19-9-10-19/h11-13,18-20,22-23,30H,4-10,14-17H2,1-3H3,(H,31,32)/t18-,22-,23+,28+/m1/s1. The third-order valence-corrected chi connectivity index (χ3v) is 8.69. The van der Waals surface area contributed by atoms with Gasteiger partial charge in [-0.3, -0.25) is 9.59 Å². The molecule has 2 saturated carbocycles. The molecule has 0 radical (unpaired) electrons. The van der Waals surface area contributed by atoms with Crippen molar-refractivity contribution >= 4 is 11.9 Å². The lowest BCUT2D eigenvalue weighted by molar-refractivity contribution is -0.146. The molecule has 1 aliphatic heterocycles. The van der Waals surface area contributed by atoms with Crippen LogP contribution in [0.1, 0.15) is 76.7 Å². The number of nitrogens with zero attached hydrogens (tertiary/aromatic N) is 1. The number of amides is 1. The summed E-state index contributed by atoms with van der Waals surface area (Å²) in [6.07, 6.45) is 6.70. The number of aliphatic hydroxyl groups excluding tert-OH is 1. The average Bonchev–Trinajstić information content (AvgIpc) is 3.61. The summed E-state index contributed by atoms with van der Waals surface area (Å²) in [5, 5.41) is 20.4. The fraction of sp³-hybridized carbons (Fsp3) is 0.714. The number of likely N-dealkylation sites (tertiary alicyclic amines) is 1. The van der Waals surface area contributed by atoms with Crippen molar-refractivity contribution in [1.29, 1.82) is 0 Å². The number of aliphatic carboxylic acids is 1. The number of hydrogen-bond acceptors (Lipinski definition) is 5. The highest BCUT2D eigenvalue weighted by Crippen LogP contribution is 2.48. The number of methoxy groups -OCH3 is 1. The van der Waals surface area contributed by atoms with Crippen molar-refractivity contribution in [2.75, 3.05) is 26.8 Å². The van der Waals surface area contributed by atoms with E-state index in [1.165, 1.54) is 12.8 Å². The highest BCUT2D eigenvalue weighted by Gasteiger charge is 2.50. The Balaban J connectivity index is 1.59. The number of carbonyl (C=O) groups excluding carboxylic acids is 1. The minimum atomic E-state index is -0.921. The first-order valence-corrected chi connectivity index (χ1v) is 13.2. The number of benzene rings is 1. The fourth-order valence-corrected chi connectivity index (χ4v) is 6.02. The molecule has 35 heavy (non-hydrogen) atoms. The smallest absolute Gasteiger partial charge is 0.304 e. The molecule has 1 heterocycles. The van der Waals surface area contributed by atoms with Gasteiger partial charge >= 0.3 is 5.97 Å². The normalized spacial score (nSPS) is 26.9. The first-order chi connectivity index (χ1) is 16.7. The van der Waals surface area contributed by atoms with Crippen LogP contribution in [-0.2, 0) is 9.59 Å². The third kappa shape index (κ3) is 5.76. The van der Waals surface area contributed by atoms with Crippen LogP contribution in [0.25, 0.3) is 0 Å². The number of carboxylic acid groups (broad SMARTS) is 1. The highest BCUT2D eigenvalue weighted by molar-refractivity contribution is 5.84. The summed E-state index contributed by atoms with van der Waals surface area (Å²) in [7, 11) is 1.63. The van der Waals surface area contributed by atoms with Gasteiger partial charge in [-0.25, -0.2) is 0 Å². The van der Waals surface area contributed by atoms with E-state index in [1.54, 1.807) is 14.0 Å². The lowest BCUT2D eigenvalue weighted by atomic mass is 9.72. The molecule has 2 N–H and O–H groups in total. The first kappa shape index (κ1) is 25.8. The van der Waals surface area contributed by atoms with Crippen LogP contribution in [-0.4, -0.2) is 59.9 Å². The molecule has 1 aromatic rings. The summed E-state index contributed by atoms with van der Waals surface area (Å²) < 4.78 is 11.6. The summed E-state index contributed by atoms with van der Waals surface area (Å²) in [6, 6.07) is 5.90. The van der Waals surface area contributed by atoms with Crippen LogP contribution in [0.5, 0.6) is 11.5 Å². The molecule has 7 heteroatoms. The van der Waals surface area contributed by atoms with Gasteiger partial charge in [0.1, 0.15) is 0 Å². The zero-order valence-corrected chi connectivity index (χ0v) is 21.4. The van der Waals surface area contributed by atoms with Gasteiger partial charge in [0.2, 0.25) is 5.91 Å². The van der Waals surface area contributed by atoms with Crippen molar-refractivity contribution in [2.45, 2.75) is 77.2 Å². The van der Waals surface area contributed by atoms with Gasteiger partial charge in [0.05, 0.1) is 32.2 Å². The lowest BCUT2D eigenvalue weighted by Gasteiger charge is -2.34. The van der Waals surface area contributed by atoms with E-state index in [4.69, 9.17) is 9.47 Å². The maximum absolute atomic E-state index is 13.8. The molecule has 3 fully saturated rings. The quantitative estimate of drug-likeness (QED) is 0.506. The van der Waals surface area contributed by atoms with Crippen LogP contribution in [0, 0.1) is 23.2 Å². The van der Waals surface area contributed by atoms with Gasteiger partial charge < -0.3 is 24.6 Å². The SMILES string of the molecule is COc1ccc([C@@H]2CN(C(=O)[C@H](CC(=O)O)C3CCCCC3)C[C@@]2(C)[C@@H](C)O)cc1OCC1CC1. The average molecular weight is 488 g/mol. The van der Waals surface area contributed by atoms with E-state index in [2.05, 4.69) is 0 Å². The molecule has 2 aliphatic carbocycles. The zero-order valence-electron chi connectivity index (χ0n) is 21.4. The maximum Gasteiger partial charge on any atom is 0.304 e. The van der Waals surface area contributed by atoms with Crippen LogP contribution in [0.15, 0.2) is 18.2 Å². The molecule has 0 aromatic heterocycles. The first-order valence-electron chi connectivity index (χ1n) is 13.2. The van der Waals surface area contributed by atoms with Crippen LogP contribution in [0.3, 0.4) is 0 Å². The number of rotatable bonds is 10. The van der Waals surface area contributed by atoms with Gasteiger partial charge in [0.15, 0.2) is 11.5 Å². The van der Waals surface area contributed by atoms with E-state index >= 15 is 0 Å². The van der Waals surface area contributed by atoms with E-state index in [1.807, 2.05) is 30.0 Å². The van der Waals surface area contributed by atoms with E-state index in [0.717, 1.165) is 37.7 Å². The van der Waals surface area contributed by atoms with E-state index in [0.29, 0.717) is 37.1 Å². The Hall–Kier alpha value is -2.28. The molecule has 1 aromatic carbocycles. The van der Waals surface area contributed by atoms with Crippen molar-refractivity contribution in [1.82, 2.24) is 4.90 Å². The molecule has 194 valence electrons. The Kier molecular flexibility index (Phi) is 7.94. The van der Waals surface area contributed by atoms with Crippen molar-refractivity contribution in [3.8, 4) is 11.5 Å². The van der Waals surface area contributed by atoms with Crippen molar-refractivity contribution in [3.05, 3.63) is 23.8 Å². The molecule has 0 bridgehead atoms. The Morgan fingerprint density at radius 2 is 1.86 bits per heavy atom. The van der Waals surface area contributed by atoms with E-state index < -0.39 is 23.4 Å². The van der Waals surface area contributed by atoms with Crippen LogP contribution < -0.4 is 9.47 Å². The summed E-state index contributed by atoms with van der Waals surface area (Å²) in [5.74, 6) is 0.501.